The Hall–Kier alpha value is -17.6. The number of nitrogens with zero attached hydrogens (tertiary/aromatic N) is 20. The SMILES string of the molecule is COc1ccc2c(c1C)c1n(c3ccccc3[n+]1C)c1nc3ccccc3n21.COc1ccc2c(c1C)c1n(cc[n+]1C)c1nc3ccccc3n21.COc1ccc2c(c1C)c1n(cc[n+]1C)c1nccn21.COc1ccc2c3ccccc3n3c(-c4c(CC(C)C)cccc4CC(C)C)c[n+](C)c3c2c1C.COc1cccc(-n2ccn3c4ccccc4[n+](C)c23)c1C.COc1cccc(-n2ccn3cc[n+](C)c23)c1C. The molecule has 0 atom stereocenters. The van der Waals surface area contributed by atoms with Crippen molar-refractivity contribution >= 4 is 150 Å². The number of fused-ring (bicyclic) bond motifs is 34. The number of aromatic nitrogens is 20. The molecule has 0 amide bonds. The molecule has 0 spiro atoms. The summed E-state index contributed by atoms with van der Waals surface area (Å²) in [6, 6.07) is 78.2. The van der Waals surface area contributed by atoms with Gasteiger partial charge in [-0.25, -0.2) is 40.9 Å². The van der Waals surface area contributed by atoms with E-state index in [0.717, 1.165) is 176 Å². The monoisotopic (exact) mass is 1950 g/mol. The maximum absolute atomic E-state index is 5.75. The molecule has 12 aromatic carbocycles. The molecular weight excluding hydrogens is 1830 g/mol. The maximum Gasteiger partial charge on any atom is 0.374 e. The molecule has 0 unspecified atom stereocenters. The van der Waals surface area contributed by atoms with Crippen LogP contribution in [0.4, 0.5) is 0 Å². The van der Waals surface area contributed by atoms with Crippen molar-refractivity contribution in [2.75, 3.05) is 42.7 Å². The van der Waals surface area contributed by atoms with Crippen LogP contribution in [0.25, 0.3) is 173 Å². The minimum absolute atomic E-state index is 0.590. The van der Waals surface area contributed by atoms with Crippen LogP contribution in [-0.4, -0.2) is 106 Å². The van der Waals surface area contributed by atoms with Crippen molar-refractivity contribution < 1.29 is 55.8 Å². The van der Waals surface area contributed by atoms with Crippen molar-refractivity contribution in [1.29, 1.82) is 0 Å². The van der Waals surface area contributed by atoms with Gasteiger partial charge in [-0.15, -0.1) is 0 Å². The summed E-state index contributed by atoms with van der Waals surface area (Å²) in [6.07, 6.45) is 28.9. The van der Waals surface area contributed by atoms with Crippen LogP contribution in [0.2, 0.25) is 0 Å². The van der Waals surface area contributed by atoms with Gasteiger partial charge >= 0.3 is 28.9 Å². The van der Waals surface area contributed by atoms with Crippen LogP contribution in [0.15, 0.2) is 305 Å². The average molecular weight is 1950 g/mol. The Morgan fingerprint density at radius 1 is 0.299 bits per heavy atom. The average Bonchev–Trinajstić information content (AvgIpc) is 1.54. The quantitative estimate of drug-likeness (QED) is 0.0806. The number of benzene rings is 12. The van der Waals surface area contributed by atoms with Crippen molar-refractivity contribution in [3.05, 3.63) is 350 Å². The molecule has 0 saturated carbocycles. The van der Waals surface area contributed by atoms with Crippen molar-refractivity contribution in [3.63, 3.8) is 0 Å². The summed E-state index contributed by atoms with van der Waals surface area (Å²) in [4.78, 5) is 14.3. The Morgan fingerprint density at radius 3 is 1.32 bits per heavy atom. The van der Waals surface area contributed by atoms with Gasteiger partial charge in [-0.1, -0.05) is 125 Å². The van der Waals surface area contributed by atoms with Gasteiger partial charge in [-0.2, -0.15) is 37.0 Å². The lowest BCUT2D eigenvalue weighted by atomic mass is 9.89. The fourth-order valence-corrected chi connectivity index (χ4v) is 22.7. The Labute approximate surface area is 849 Å². The van der Waals surface area contributed by atoms with Crippen LogP contribution in [0, 0.1) is 53.4 Å². The zero-order valence-corrected chi connectivity index (χ0v) is 87.3. The maximum atomic E-state index is 5.75. The smallest absolute Gasteiger partial charge is 0.374 e. The number of hydrogen-bond acceptors (Lipinski definition) is 9. The molecule has 736 valence electrons. The summed E-state index contributed by atoms with van der Waals surface area (Å²) >= 11 is 0. The first-order chi connectivity index (χ1) is 71.4. The largest absolute Gasteiger partial charge is 0.496 e. The molecule has 15 aromatic heterocycles. The summed E-state index contributed by atoms with van der Waals surface area (Å²) in [5.41, 5.74) is 32.8. The molecule has 0 bridgehead atoms. The van der Waals surface area contributed by atoms with Crippen molar-refractivity contribution in [1.82, 2.24) is 63.7 Å². The number of aryl methyl sites for hydroxylation is 10. The lowest BCUT2D eigenvalue weighted by Crippen LogP contribution is -2.29. The van der Waals surface area contributed by atoms with E-state index in [-0.39, 0.29) is 0 Å². The second-order valence-electron chi connectivity index (χ2n) is 39.0. The van der Waals surface area contributed by atoms with Crippen molar-refractivity contribution in [2.24, 2.45) is 54.1 Å². The van der Waals surface area contributed by atoms with Gasteiger partial charge < -0.3 is 28.4 Å². The molecule has 0 fully saturated rings. The van der Waals surface area contributed by atoms with Gasteiger partial charge in [0.25, 0.3) is 22.6 Å². The van der Waals surface area contributed by atoms with Crippen LogP contribution in [-0.2, 0) is 55.1 Å². The lowest BCUT2D eigenvalue weighted by Gasteiger charge is -2.16. The third-order valence-corrected chi connectivity index (χ3v) is 29.4. The lowest BCUT2D eigenvalue weighted by molar-refractivity contribution is -0.646. The van der Waals surface area contributed by atoms with Gasteiger partial charge in [0.2, 0.25) is 0 Å². The molecule has 15 heterocycles. The van der Waals surface area contributed by atoms with Crippen LogP contribution >= 0.6 is 0 Å². The van der Waals surface area contributed by atoms with E-state index in [1.54, 1.807) is 42.7 Å². The van der Waals surface area contributed by atoms with E-state index >= 15 is 0 Å². The second-order valence-corrected chi connectivity index (χ2v) is 39.0. The van der Waals surface area contributed by atoms with E-state index in [4.69, 9.17) is 38.4 Å². The Bertz CT molecular complexity index is 9900. The van der Waals surface area contributed by atoms with Crippen molar-refractivity contribution in [3.8, 4) is 57.1 Å². The van der Waals surface area contributed by atoms with Gasteiger partial charge in [0.1, 0.15) is 124 Å². The van der Waals surface area contributed by atoms with E-state index < -0.39 is 0 Å². The molecule has 26 nitrogen and oxygen atoms in total. The highest BCUT2D eigenvalue weighted by Gasteiger charge is 2.34. The summed E-state index contributed by atoms with van der Waals surface area (Å²) in [6.45, 7) is 21.9. The predicted molar refractivity (Wildman–Crippen MR) is 584 cm³/mol. The van der Waals surface area contributed by atoms with Crippen LogP contribution in [0.3, 0.4) is 0 Å². The third kappa shape index (κ3) is 15.3. The summed E-state index contributed by atoms with van der Waals surface area (Å²) in [7, 11) is 22.9. The topological polar surface area (TPSA) is 167 Å². The molecule has 26 heteroatoms. The standard InChI is InChI=1S/C32H37N2O.C23H19N4O.C19H17N4O.C18H18N3O.C15H15N4O.C14H16N3O/c1-20(2)17-23-11-10-12-24(18-21(3)4)31(23)28-19-33(6)32-30-22(5)29(35-7)16-15-26(30)25-13-8-9-14-27(25)34(28)32;1-14-20(28-3)13-12-19-21(14)22-25(2)17-10-6-7-11-18(17)27(22)23-24-15-8-4-5-9-16(15)26(19)23;1-12-16(24-3)9-8-15-17(12)18-21(2)10-11-22(18)19-20-13-6-4-5-7-14(13)23(15)19;1-13-14(9-6-10-17(13)22-3)20-11-12-21-16-8-5-4-7-15(16)19(2)18(20)21;1-10-12(20-3)5-4-11-13(10)14-17(2)8-9-19(14)15-16-6-7-18(11)15;1-11-12(5-4-6-13(11)18-3)17-10-9-16-8-7-15(2)14(16)17/h8-16,19-21H,17-18H2,1-7H3;4-13H,1-3H3;4-11H,1-3H3;4-12H,1-3H3;4-9H,1-3H3;4-10H,1-3H3/q6*+1. The van der Waals surface area contributed by atoms with E-state index in [0.29, 0.717) is 11.8 Å². The zero-order chi connectivity index (χ0) is 102. The molecule has 0 N–H and O–H groups in total. The number of pyridine rings is 1. The van der Waals surface area contributed by atoms with Gasteiger partial charge in [0.15, 0.2) is 16.7 Å². The summed E-state index contributed by atoms with van der Waals surface area (Å²) in [5, 5.41) is 7.33. The molecular formula is C121H122N20O6+6. The number of hydrogen-bond donors (Lipinski definition) is 0. The van der Waals surface area contributed by atoms with Gasteiger partial charge in [0.05, 0.1) is 151 Å². The third-order valence-electron chi connectivity index (χ3n) is 29.4. The van der Waals surface area contributed by atoms with E-state index in [9.17, 15) is 0 Å². The van der Waals surface area contributed by atoms with E-state index in [1.165, 1.54) is 88.0 Å². The molecule has 27 rings (SSSR count). The highest BCUT2D eigenvalue weighted by Crippen LogP contribution is 2.43. The molecule has 0 aliphatic rings. The highest BCUT2D eigenvalue weighted by molar-refractivity contribution is 6.14. The molecule has 0 saturated heterocycles. The van der Waals surface area contributed by atoms with Crippen molar-refractivity contribution in [2.45, 2.75) is 82.1 Å². The number of ether oxygens (including phenoxy) is 6. The molecule has 0 aliphatic heterocycles. The minimum Gasteiger partial charge on any atom is -0.496 e. The normalized spacial score (nSPS) is 11.8. The summed E-state index contributed by atoms with van der Waals surface area (Å²) < 4.78 is 70.7. The Balaban J connectivity index is 0.000000101. The second kappa shape index (κ2) is 37.6. The molecule has 0 aliphatic carbocycles. The number of imidazole rings is 11. The Morgan fingerprint density at radius 2 is 0.748 bits per heavy atom. The summed E-state index contributed by atoms with van der Waals surface area (Å²) in [5.74, 6) is 11.6. The molecule has 0 radical (unpaired) electrons. The van der Waals surface area contributed by atoms with Gasteiger partial charge in [-0.05, 0) is 205 Å². The first-order valence-corrected chi connectivity index (χ1v) is 49.8. The van der Waals surface area contributed by atoms with Gasteiger partial charge in [0, 0.05) is 62.1 Å². The zero-order valence-electron chi connectivity index (χ0n) is 87.3. The van der Waals surface area contributed by atoms with Crippen LogP contribution in [0.1, 0.15) is 72.2 Å². The number of methoxy groups -OCH3 is 6. The van der Waals surface area contributed by atoms with Crippen LogP contribution < -0.4 is 55.8 Å². The predicted octanol–water partition coefficient (Wildman–Crippen LogP) is 21.5. The fourth-order valence-electron chi connectivity index (χ4n) is 22.7. The van der Waals surface area contributed by atoms with E-state index in [1.807, 2.05) is 112 Å². The minimum atomic E-state index is 0.590. The Kier molecular flexibility index (Phi) is 24.2. The van der Waals surface area contributed by atoms with Crippen LogP contribution in [0.5, 0.6) is 34.5 Å². The molecule has 147 heavy (non-hydrogen) atoms. The fraction of sp³-hybridized carbons (Fsp3) is 0.215. The number of para-hydroxylation sites is 9. The number of rotatable bonds is 13. The van der Waals surface area contributed by atoms with E-state index in [2.05, 4.69) is 386 Å². The first kappa shape index (κ1) is 94.4. The first-order valence-electron chi connectivity index (χ1n) is 49.8. The molecule has 27 aromatic rings. The highest BCUT2D eigenvalue weighted by atomic mass is 16.5. The van der Waals surface area contributed by atoms with Gasteiger partial charge in [-0.3, -0.25) is 13.2 Å².